The smallest absolute Gasteiger partial charge is 0.344 e. The Hall–Kier alpha value is -2.04. The molecule has 18 heavy (non-hydrogen) atoms. The summed E-state index contributed by atoms with van der Waals surface area (Å²) in [6.07, 6.45) is 0.708. The molecule has 0 bridgehead atoms. The molecule has 0 spiro atoms. The first-order valence-corrected chi connectivity index (χ1v) is 5.91. The third kappa shape index (κ3) is 2.61. The van der Waals surface area contributed by atoms with Crippen LogP contribution in [0.1, 0.15) is 22.8 Å². The van der Waals surface area contributed by atoms with Crippen molar-refractivity contribution in [1.82, 2.24) is 5.32 Å². The summed E-state index contributed by atoms with van der Waals surface area (Å²) in [6, 6.07) is 5.25. The second-order valence-corrected chi connectivity index (χ2v) is 3.88. The lowest BCUT2D eigenvalue weighted by molar-refractivity contribution is -0.145. The first-order chi connectivity index (χ1) is 8.72. The van der Waals surface area contributed by atoms with Gasteiger partial charge in [-0.1, -0.05) is 6.07 Å². The molecule has 2 rings (SSSR count). The first-order valence-electron chi connectivity index (χ1n) is 5.91. The summed E-state index contributed by atoms with van der Waals surface area (Å²) in [7, 11) is 0. The summed E-state index contributed by atoms with van der Waals surface area (Å²) in [6.45, 7) is 2.53. The fourth-order valence-electron chi connectivity index (χ4n) is 1.91. The predicted octanol–water partition coefficient (Wildman–Crippen LogP) is 0.914. The first kappa shape index (κ1) is 12.4. The standard InChI is InChI=1S/C13H15NO4/c1-2-17-12(15)8-18-11-5-3-4-10-9(11)6-7-14-13(10)16/h3-5H,2,6-8H2,1H3,(H,14,16). The van der Waals surface area contributed by atoms with Crippen LogP contribution in [-0.4, -0.2) is 31.6 Å². The zero-order chi connectivity index (χ0) is 13.0. The molecule has 1 heterocycles. The Labute approximate surface area is 105 Å². The van der Waals surface area contributed by atoms with Crippen LogP contribution in [0.5, 0.6) is 5.75 Å². The monoisotopic (exact) mass is 249 g/mol. The molecule has 0 saturated carbocycles. The molecule has 0 fully saturated rings. The summed E-state index contributed by atoms with van der Waals surface area (Å²) in [5.41, 5.74) is 1.47. The Balaban J connectivity index is 2.12. The van der Waals surface area contributed by atoms with Gasteiger partial charge in [-0.05, 0) is 25.5 Å². The third-order valence-corrected chi connectivity index (χ3v) is 2.69. The van der Waals surface area contributed by atoms with Crippen LogP contribution >= 0.6 is 0 Å². The number of ether oxygens (including phenoxy) is 2. The predicted molar refractivity (Wildman–Crippen MR) is 64.6 cm³/mol. The van der Waals surface area contributed by atoms with Crippen LogP contribution in [-0.2, 0) is 16.0 Å². The lowest BCUT2D eigenvalue weighted by atomic mass is 9.99. The fourth-order valence-corrected chi connectivity index (χ4v) is 1.91. The quantitative estimate of drug-likeness (QED) is 0.806. The van der Waals surface area contributed by atoms with Crippen molar-refractivity contribution >= 4 is 11.9 Å². The second kappa shape index (κ2) is 5.53. The van der Waals surface area contributed by atoms with Crippen LogP contribution in [0.2, 0.25) is 0 Å². The molecule has 0 aromatic heterocycles. The van der Waals surface area contributed by atoms with E-state index in [1.54, 1.807) is 25.1 Å². The van der Waals surface area contributed by atoms with Gasteiger partial charge in [-0.15, -0.1) is 0 Å². The molecule has 96 valence electrons. The van der Waals surface area contributed by atoms with Gasteiger partial charge in [0.1, 0.15) is 5.75 Å². The minimum absolute atomic E-state index is 0.0992. The van der Waals surface area contributed by atoms with E-state index in [2.05, 4.69) is 5.32 Å². The molecule has 0 aliphatic carbocycles. The number of fused-ring (bicyclic) bond motifs is 1. The number of carbonyl (C=O) groups is 2. The van der Waals surface area contributed by atoms with Gasteiger partial charge in [-0.25, -0.2) is 4.79 Å². The van der Waals surface area contributed by atoms with Gasteiger partial charge >= 0.3 is 5.97 Å². The lowest BCUT2D eigenvalue weighted by Gasteiger charge is -2.19. The van der Waals surface area contributed by atoms with Crippen molar-refractivity contribution in [3.05, 3.63) is 29.3 Å². The number of amides is 1. The minimum Gasteiger partial charge on any atom is -0.482 e. The van der Waals surface area contributed by atoms with Crippen LogP contribution in [0, 0.1) is 0 Å². The Morgan fingerprint density at radius 2 is 2.28 bits per heavy atom. The number of benzene rings is 1. The van der Waals surface area contributed by atoms with E-state index < -0.39 is 5.97 Å². The van der Waals surface area contributed by atoms with E-state index in [-0.39, 0.29) is 12.5 Å². The Kier molecular flexibility index (Phi) is 3.82. The van der Waals surface area contributed by atoms with Gasteiger partial charge in [0.25, 0.3) is 5.91 Å². The van der Waals surface area contributed by atoms with Crippen LogP contribution in [0.25, 0.3) is 0 Å². The van der Waals surface area contributed by atoms with Gasteiger partial charge < -0.3 is 14.8 Å². The van der Waals surface area contributed by atoms with Crippen molar-refractivity contribution in [3.63, 3.8) is 0 Å². The summed E-state index contributed by atoms with van der Waals surface area (Å²) < 4.78 is 10.2. The van der Waals surface area contributed by atoms with Gasteiger partial charge in [0, 0.05) is 17.7 Å². The van der Waals surface area contributed by atoms with E-state index in [1.807, 2.05) is 0 Å². The highest BCUT2D eigenvalue weighted by Crippen LogP contribution is 2.25. The largest absolute Gasteiger partial charge is 0.482 e. The SMILES string of the molecule is CCOC(=O)COc1cccc2c1CCNC2=O. The average Bonchev–Trinajstić information content (AvgIpc) is 2.37. The Morgan fingerprint density at radius 3 is 3.06 bits per heavy atom. The number of esters is 1. The zero-order valence-corrected chi connectivity index (χ0v) is 10.2. The molecule has 1 amide bonds. The summed E-state index contributed by atoms with van der Waals surface area (Å²) in [5.74, 6) is 0.0728. The molecule has 1 N–H and O–H groups in total. The summed E-state index contributed by atoms with van der Waals surface area (Å²) in [5, 5.41) is 2.76. The maximum Gasteiger partial charge on any atom is 0.344 e. The van der Waals surface area contributed by atoms with Crippen molar-refractivity contribution < 1.29 is 19.1 Å². The van der Waals surface area contributed by atoms with Crippen molar-refractivity contribution in [3.8, 4) is 5.75 Å². The molecule has 1 aliphatic rings. The Bertz CT molecular complexity index is 470. The summed E-state index contributed by atoms with van der Waals surface area (Å²) in [4.78, 5) is 22.8. The van der Waals surface area contributed by atoms with Crippen LogP contribution < -0.4 is 10.1 Å². The molecular formula is C13H15NO4. The molecule has 5 nitrogen and oxygen atoms in total. The highest BCUT2D eigenvalue weighted by molar-refractivity contribution is 5.97. The number of carbonyl (C=O) groups excluding carboxylic acids is 2. The van der Waals surface area contributed by atoms with Gasteiger partial charge in [0.2, 0.25) is 0 Å². The van der Waals surface area contributed by atoms with Crippen molar-refractivity contribution in [1.29, 1.82) is 0 Å². The van der Waals surface area contributed by atoms with E-state index in [1.165, 1.54) is 0 Å². The van der Waals surface area contributed by atoms with Crippen molar-refractivity contribution in [2.75, 3.05) is 19.8 Å². The van der Waals surface area contributed by atoms with E-state index in [4.69, 9.17) is 9.47 Å². The highest BCUT2D eigenvalue weighted by atomic mass is 16.6. The molecule has 0 atom stereocenters. The maximum atomic E-state index is 11.6. The molecule has 1 aromatic rings. The van der Waals surface area contributed by atoms with Crippen LogP contribution in [0.4, 0.5) is 0 Å². The normalized spacial score (nSPS) is 13.5. The van der Waals surface area contributed by atoms with Crippen LogP contribution in [0.3, 0.4) is 0 Å². The molecular weight excluding hydrogens is 234 g/mol. The van der Waals surface area contributed by atoms with Crippen molar-refractivity contribution in [2.45, 2.75) is 13.3 Å². The van der Waals surface area contributed by atoms with Gasteiger partial charge in [-0.2, -0.15) is 0 Å². The van der Waals surface area contributed by atoms with E-state index >= 15 is 0 Å². The molecule has 5 heteroatoms. The van der Waals surface area contributed by atoms with E-state index in [0.717, 1.165) is 5.56 Å². The van der Waals surface area contributed by atoms with E-state index in [9.17, 15) is 9.59 Å². The molecule has 0 unspecified atom stereocenters. The number of hydrogen-bond donors (Lipinski definition) is 1. The minimum atomic E-state index is -0.407. The molecule has 0 radical (unpaired) electrons. The topological polar surface area (TPSA) is 64.6 Å². The van der Waals surface area contributed by atoms with Gasteiger partial charge in [0.05, 0.1) is 6.61 Å². The van der Waals surface area contributed by atoms with Crippen molar-refractivity contribution in [2.24, 2.45) is 0 Å². The number of hydrogen-bond acceptors (Lipinski definition) is 4. The summed E-state index contributed by atoms with van der Waals surface area (Å²) >= 11 is 0. The maximum absolute atomic E-state index is 11.6. The third-order valence-electron chi connectivity index (χ3n) is 2.69. The second-order valence-electron chi connectivity index (χ2n) is 3.88. The zero-order valence-electron chi connectivity index (χ0n) is 10.2. The Morgan fingerprint density at radius 1 is 1.44 bits per heavy atom. The lowest BCUT2D eigenvalue weighted by Crippen LogP contribution is -2.32. The fraction of sp³-hybridized carbons (Fsp3) is 0.385. The van der Waals surface area contributed by atoms with Gasteiger partial charge in [0.15, 0.2) is 6.61 Å². The average molecular weight is 249 g/mol. The number of rotatable bonds is 4. The molecule has 1 aromatic carbocycles. The van der Waals surface area contributed by atoms with Gasteiger partial charge in [-0.3, -0.25) is 4.79 Å². The van der Waals surface area contributed by atoms with Crippen LogP contribution in [0.15, 0.2) is 18.2 Å². The molecule has 1 aliphatic heterocycles. The number of nitrogens with one attached hydrogen (secondary N) is 1. The van der Waals surface area contributed by atoms with E-state index in [0.29, 0.717) is 30.9 Å². The molecule has 0 saturated heterocycles. The highest BCUT2D eigenvalue weighted by Gasteiger charge is 2.20.